The summed E-state index contributed by atoms with van der Waals surface area (Å²) in [6.07, 6.45) is 0. The van der Waals surface area contributed by atoms with Crippen molar-refractivity contribution >= 4 is 16.9 Å². The van der Waals surface area contributed by atoms with Gasteiger partial charge in [-0.1, -0.05) is 18.2 Å². The maximum absolute atomic E-state index is 5.98. The van der Waals surface area contributed by atoms with Crippen LogP contribution in [0.4, 0.5) is 0 Å². The number of benzene rings is 1. The van der Waals surface area contributed by atoms with Crippen LogP contribution in [0.2, 0.25) is 0 Å². The lowest BCUT2D eigenvalue weighted by atomic mass is 10.1. The van der Waals surface area contributed by atoms with Gasteiger partial charge in [-0.15, -0.1) is 0 Å². The van der Waals surface area contributed by atoms with Crippen LogP contribution in [0.5, 0.6) is 0 Å². The monoisotopic (exact) mass is 355 g/mol. The molecule has 2 atom stereocenters. The third-order valence-electron chi connectivity index (χ3n) is 5.42. The second-order valence-electron chi connectivity index (χ2n) is 7.26. The number of furan rings is 1. The lowest BCUT2D eigenvalue weighted by Crippen LogP contribution is -2.62. The Morgan fingerprint density at radius 1 is 1.27 bits per heavy atom. The average Bonchev–Trinajstić information content (AvgIpc) is 3.12. The number of nitrogens with zero attached hydrogens (tertiary/aromatic N) is 3. The highest BCUT2D eigenvalue weighted by Crippen LogP contribution is 2.23. The highest BCUT2D eigenvalue weighted by Gasteiger charge is 2.31. The second kappa shape index (κ2) is 7.68. The van der Waals surface area contributed by atoms with E-state index in [1.54, 1.807) is 0 Å². The number of para-hydroxylation sites is 1. The summed E-state index contributed by atoms with van der Waals surface area (Å²) in [5, 5.41) is 7.99. The number of hydrogen-bond acceptors (Lipinski definition) is 4. The molecule has 0 aliphatic carbocycles. The number of piperazine rings is 3. The summed E-state index contributed by atoms with van der Waals surface area (Å²) in [5.41, 5.74) is 0.929. The Morgan fingerprint density at radius 3 is 2.77 bits per heavy atom. The molecule has 2 unspecified atom stereocenters. The normalized spacial score (nSPS) is 26.8. The van der Waals surface area contributed by atoms with Crippen molar-refractivity contribution < 1.29 is 4.42 Å². The third kappa shape index (κ3) is 3.71. The predicted octanol–water partition coefficient (Wildman–Crippen LogP) is 2.05. The molecule has 6 nitrogen and oxygen atoms in total. The van der Waals surface area contributed by atoms with Crippen LogP contribution in [0, 0.1) is 0 Å². The van der Waals surface area contributed by atoms with Crippen molar-refractivity contribution in [3.63, 3.8) is 0 Å². The average molecular weight is 355 g/mol. The van der Waals surface area contributed by atoms with E-state index in [1.807, 2.05) is 18.2 Å². The van der Waals surface area contributed by atoms with Gasteiger partial charge < -0.3 is 15.1 Å². The minimum atomic E-state index is 0.0621. The fourth-order valence-corrected chi connectivity index (χ4v) is 3.91. The largest absolute Gasteiger partial charge is 0.459 e. The maximum atomic E-state index is 5.98. The van der Waals surface area contributed by atoms with Gasteiger partial charge in [0.2, 0.25) is 0 Å². The van der Waals surface area contributed by atoms with Gasteiger partial charge in [0, 0.05) is 50.7 Å². The zero-order valence-electron chi connectivity index (χ0n) is 15.7. The first kappa shape index (κ1) is 17.4. The van der Waals surface area contributed by atoms with Gasteiger partial charge in [0.15, 0.2) is 5.96 Å². The number of guanidine groups is 1. The van der Waals surface area contributed by atoms with E-state index in [4.69, 9.17) is 9.41 Å². The molecule has 4 heterocycles. The summed E-state index contributed by atoms with van der Waals surface area (Å²) >= 11 is 0. The van der Waals surface area contributed by atoms with Crippen LogP contribution in [0.25, 0.3) is 11.0 Å². The van der Waals surface area contributed by atoms with Crippen LogP contribution >= 0.6 is 0 Å². The second-order valence-corrected chi connectivity index (χ2v) is 7.26. The SMILES string of the molecule is CCNC(=NCC1CN2CCN1CC2)NC(C)c1cc2ccccc2o1. The van der Waals surface area contributed by atoms with Crippen LogP contribution in [-0.2, 0) is 0 Å². The molecule has 6 heteroatoms. The van der Waals surface area contributed by atoms with E-state index < -0.39 is 0 Å². The number of fused-ring (bicyclic) bond motifs is 4. The van der Waals surface area contributed by atoms with E-state index in [2.05, 4.69) is 46.4 Å². The van der Waals surface area contributed by atoms with Crippen molar-refractivity contribution in [2.75, 3.05) is 45.8 Å². The van der Waals surface area contributed by atoms with E-state index in [-0.39, 0.29) is 6.04 Å². The minimum absolute atomic E-state index is 0.0621. The highest BCUT2D eigenvalue weighted by molar-refractivity contribution is 5.81. The lowest BCUT2D eigenvalue weighted by molar-refractivity contribution is 0.0174. The molecule has 3 saturated heterocycles. The fourth-order valence-electron chi connectivity index (χ4n) is 3.91. The molecule has 0 saturated carbocycles. The summed E-state index contributed by atoms with van der Waals surface area (Å²) in [6, 6.07) is 10.8. The number of aliphatic imine (C=N–C) groups is 1. The predicted molar refractivity (Wildman–Crippen MR) is 106 cm³/mol. The van der Waals surface area contributed by atoms with Crippen molar-refractivity contribution in [1.29, 1.82) is 0 Å². The molecule has 1 aromatic carbocycles. The van der Waals surface area contributed by atoms with Crippen molar-refractivity contribution in [2.24, 2.45) is 4.99 Å². The van der Waals surface area contributed by atoms with Crippen molar-refractivity contribution in [2.45, 2.75) is 25.9 Å². The van der Waals surface area contributed by atoms with Crippen LogP contribution < -0.4 is 10.6 Å². The standard InChI is InChI=1S/C20H29N5O/c1-3-21-20(22-13-17-14-24-8-10-25(17)11-9-24)23-15(2)19-12-16-6-4-5-7-18(16)26-19/h4-7,12,15,17H,3,8-11,13-14H2,1-2H3,(H2,21,22,23). The molecule has 26 heavy (non-hydrogen) atoms. The number of nitrogens with one attached hydrogen (secondary N) is 2. The van der Waals surface area contributed by atoms with Gasteiger partial charge >= 0.3 is 0 Å². The van der Waals surface area contributed by atoms with Crippen molar-refractivity contribution in [3.05, 3.63) is 36.1 Å². The molecule has 3 aliphatic rings. The molecule has 2 N–H and O–H groups in total. The number of rotatable bonds is 5. The molecule has 0 spiro atoms. The Balaban J connectivity index is 1.42. The van der Waals surface area contributed by atoms with Crippen molar-refractivity contribution in [3.8, 4) is 0 Å². The summed E-state index contributed by atoms with van der Waals surface area (Å²) in [6.45, 7) is 11.8. The van der Waals surface area contributed by atoms with Gasteiger partial charge in [0.25, 0.3) is 0 Å². The highest BCUT2D eigenvalue weighted by atomic mass is 16.3. The minimum Gasteiger partial charge on any atom is -0.459 e. The van der Waals surface area contributed by atoms with Crippen LogP contribution in [-0.4, -0.2) is 67.6 Å². The molecule has 3 aliphatic heterocycles. The molecule has 140 valence electrons. The smallest absolute Gasteiger partial charge is 0.191 e. The Hall–Kier alpha value is -2.05. The van der Waals surface area contributed by atoms with Crippen LogP contribution in [0.1, 0.15) is 25.6 Å². The van der Waals surface area contributed by atoms with E-state index in [1.165, 1.54) is 26.2 Å². The van der Waals surface area contributed by atoms with Gasteiger partial charge in [-0.3, -0.25) is 14.8 Å². The molecule has 2 aromatic rings. The van der Waals surface area contributed by atoms with E-state index in [0.29, 0.717) is 6.04 Å². The molecule has 2 bridgehead atoms. The van der Waals surface area contributed by atoms with Gasteiger partial charge in [-0.2, -0.15) is 0 Å². The summed E-state index contributed by atoms with van der Waals surface area (Å²) < 4.78 is 5.98. The topological polar surface area (TPSA) is 56.0 Å². The van der Waals surface area contributed by atoms with E-state index in [0.717, 1.165) is 42.3 Å². The Morgan fingerprint density at radius 2 is 2.08 bits per heavy atom. The first-order valence-corrected chi connectivity index (χ1v) is 9.72. The molecule has 5 rings (SSSR count). The van der Waals surface area contributed by atoms with E-state index >= 15 is 0 Å². The maximum Gasteiger partial charge on any atom is 0.191 e. The molecule has 3 fully saturated rings. The van der Waals surface area contributed by atoms with E-state index in [9.17, 15) is 0 Å². The lowest BCUT2D eigenvalue weighted by Gasteiger charge is -2.47. The van der Waals surface area contributed by atoms with Crippen LogP contribution in [0.3, 0.4) is 0 Å². The molecule has 1 aromatic heterocycles. The summed E-state index contributed by atoms with van der Waals surface area (Å²) in [4.78, 5) is 9.99. The first-order valence-electron chi connectivity index (χ1n) is 9.72. The molecule has 0 radical (unpaired) electrons. The Labute approximate surface area is 155 Å². The quantitative estimate of drug-likeness (QED) is 0.635. The zero-order chi connectivity index (χ0) is 17.9. The molecule has 0 amide bonds. The Kier molecular flexibility index (Phi) is 5.13. The van der Waals surface area contributed by atoms with Crippen molar-refractivity contribution in [1.82, 2.24) is 20.4 Å². The van der Waals surface area contributed by atoms with Gasteiger partial charge in [0.05, 0.1) is 12.6 Å². The zero-order valence-corrected chi connectivity index (χ0v) is 15.7. The van der Waals surface area contributed by atoms with Crippen LogP contribution in [0.15, 0.2) is 39.7 Å². The molecular formula is C20H29N5O. The summed E-state index contributed by atoms with van der Waals surface area (Å²) in [5.74, 6) is 1.79. The van der Waals surface area contributed by atoms with Gasteiger partial charge in [-0.25, -0.2) is 0 Å². The number of hydrogen-bond donors (Lipinski definition) is 2. The summed E-state index contributed by atoms with van der Waals surface area (Å²) in [7, 11) is 0. The van der Waals surface area contributed by atoms with Gasteiger partial charge in [-0.05, 0) is 26.0 Å². The molecular weight excluding hydrogens is 326 g/mol. The fraction of sp³-hybridized carbons (Fsp3) is 0.550. The Bertz CT molecular complexity index is 729. The third-order valence-corrected chi connectivity index (χ3v) is 5.42. The van der Waals surface area contributed by atoms with Gasteiger partial charge in [0.1, 0.15) is 11.3 Å². The first-order chi connectivity index (χ1) is 12.7.